The Kier molecular flexibility index (Phi) is 5.60. The second-order valence-corrected chi connectivity index (χ2v) is 4.77. The summed E-state index contributed by atoms with van der Waals surface area (Å²) in [4.78, 5) is 13.6. The van der Waals surface area contributed by atoms with E-state index >= 15 is 0 Å². The maximum atomic E-state index is 12.8. The lowest BCUT2D eigenvalue weighted by molar-refractivity contribution is -0.138. The molecule has 1 aromatic rings. The number of benzene rings is 1. The molecule has 0 saturated carbocycles. The summed E-state index contributed by atoms with van der Waals surface area (Å²) >= 11 is 0. The van der Waals surface area contributed by atoms with Gasteiger partial charge in [0.25, 0.3) is 5.91 Å². The van der Waals surface area contributed by atoms with E-state index in [0.29, 0.717) is 19.6 Å². The molecule has 0 heterocycles. The Bertz CT molecular complexity index is 516. The number of nitrogen functional groups attached to an aromatic ring is 1. The van der Waals surface area contributed by atoms with Gasteiger partial charge < -0.3 is 15.4 Å². The van der Waals surface area contributed by atoms with E-state index in [2.05, 4.69) is 0 Å². The number of halogens is 3. The van der Waals surface area contributed by atoms with Gasteiger partial charge in [-0.2, -0.15) is 13.2 Å². The molecule has 0 aliphatic heterocycles. The third-order valence-electron chi connectivity index (χ3n) is 3.24. The van der Waals surface area contributed by atoms with Gasteiger partial charge in [0.05, 0.1) is 11.1 Å². The van der Waals surface area contributed by atoms with Crippen LogP contribution >= 0.6 is 0 Å². The van der Waals surface area contributed by atoms with E-state index in [1.165, 1.54) is 11.8 Å². The molecule has 1 rings (SSSR count). The van der Waals surface area contributed by atoms with Gasteiger partial charge in [0.1, 0.15) is 0 Å². The van der Waals surface area contributed by atoms with Crippen molar-refractivity contribution in [2.75, 3.05) is 33.0 Å². The predicted octanol–water partition coefficient (Wildman–Crippen LogP) is 2.70. The number of ether oxygens (including phenoxy) is 1. The molecule has 0 spiro atoms. The first kappa shape index (κ1) is 17.3. The van der Waals surface area contributed by atoms with E-state index < -0.39 is 17.6 Å². The van der Waals surface area contributed by atoms with Crippen LogP contribution in [-0.4, -0.2) is 38.1 Å². The van der Waals surface area contributed by atoms with Gasteiger partial charge in [-0.1, -0.05) is 0 Å². The standard InChI is InChI=1S/C14H19F3N2O2/c1-9-11(14(15,16)17)6-5-10(12(9)18)13(20)19(2)7-4-8-21-3/h5-6H,4,7-8,18H2,1-3H3. The van der Waals surface area contributed by atoms with E-state index in [0.717, 1.165) is 12.1 Å². The minimum absolute atomic E-state index is 0.0837. The molecule has 21 heavy (non-hydrogen) atoms. The van der Waals surface area contributed by atoms with Crippen molar-refractivity contribution >= 4 is 11.6 Å². The quantitative estimate of drug-likeness (QED) is 0.672. The van der Waals surface area contributed by atoms with Crippen molar-refractivity contribution in [1.29, 1.82) is 0 Å². The summed E-state index contributed by atoms with van der Waals surface area (Å²) in [5, 5.41) is 0. The Balaban J connectivity index is 2.99. The van der Waals surface area contributed by atoms with Crippen LogP contribution < -0.4 is 5.73 Å². The van der Waals surface area contributed by atoms with Crippen molar-refractivity contribution in [3.05, 3.63) is 28.8 Å². The maximum absolute atomic E-state index is 12.8. The molecule has 0 bridgehead atoms. The topological polar surface area (TPSA) is 55.6 Å². The first-order valence-corrected chi connectivity index (χ1v) is 6.40. The third kappa shape index (κ3) is 4.10. The lowest BCUT2D eigenvalue weighted by Crippen LogP contribution is -2.29. The molecule has 118 valence electrons. The highest BCUT2D eigenvalue weighted by Gasteiger charge is 2.34. The predicted molar refractivity (Wildman–Crippen MR) is 74.0 cm³/mol. The number of amides is 1. The molecule has 4 nitrogen and oxygen atoms in total. The van der Waals surface area contributed by atoms with E-state index in [1.807, 2.05) is 0 Å². The fourth-order valence-electron chi connectivity index (χ4n) is 1.98. The summed E-state index contributed by atoms with van der Waals surface area (Å²) in [6.45, 7) is 2.20. The molecule has 0 saturated heterocycles. The lowest BCUT2D eigenvalue weighted by Gasteiger charge is -2.20. The summed E-state index contributed by atoms with van der Waals surface area (Å²) in [5.41, 5.74) is 4.71. The van der Waals surface area contributed by atoms with Crippen molar-refractivity contribution < 1.29 is 22.7 Å². The second kappa shape index (κ2) is 6.80. The molecule has 0 aromatic heterocycles. The average Bonchev–Trinajstić information content (AvgIpc) is 2.39. The van der Waals surface area contributed by atoms with Crippen LogP contribution in [0.2, 0.25) is 0 Å². The van der Waals surface area contributed by atoms with Crippen molar-refractivity contribution in [2.45, 2.75) is 19.5 Å². The normalized spacial score (nSPS) is 11.5. The molecule has 7 heteroatoms. The van der Waals surface area contributed by atoms with Crippen LogP contribution in [0, 0.1) is 6.92 Å². The summed E-state index contributed by atoms with van der Waals surface area (Å²) in [5.74, 6) is -0.402. The molecule has 0 fully saturated rings. The zero-order valence-electron chi connectivity index (χ0n) is 12.3. The highest BCUT2D eigenvalue weighted by Crippen LogP contribution is 2.35. The first-order chi connectivity index (χ1) is 9.70. The van der Waals surface area contributed by atoms with Crippen LogP contribution in [0.4, 0.5) is 18.9 Å². The zero-order chi connectivity index (χ0) is 16.2. The fourth-order valence-corrected chi connectivity index (χ4v) is 1.98. The van der Waals surface area contributed by atoms with Crippen LogP contribution in [0.1, 0.15) is 27.9 Å². The number of alkyl halides is 3. The molecule has 0 aliphatic carbocycles. The minimum Gasteiger partial charge on any atom is -0.398 e. The van der Waals surface area contributed by atoms with Crippen LogP contribution in [0.15, 0.2) is 12.1 Å². The maximum Gasteiger partial charge on any atom is 0.416 e. The van der Waals surface area contributed by atoms with Gasteiger partial charge in [0.2, 0.25) is 0 Å². The van der Waals surface area contributed by atoms with Gasteiger partial charge in [-0.05, 0) is 31.0 Å². The van der Waals surface area contributed by atoms with Gasteiger partial charge in [-0.3, -0.25) is 4.79 Å². The lowest BCUT2D eigenvalue weighted by atomic mass is 10.0. The number of nitrogens with two attached hydrogens (primary N) is 1. The van der Waals surface area contributed by atoms with Gasteiger partial charge in [-0.15, -0.1) is 0 Å². The van der Waals surface area contributed by atoms with E-state index in [1.54, 1.807) is 14.2 Å². The number of carbonyl (C=O) groups is 1. The van der Waals surface area contributed by atoms with E-state index in [9.17, 15) is 18.0 Å². The Hall–Kier alpha value is -1.76. The van der Waals surface area contributed by atoms with Gasteiger partial charge in [0.15, 0.2) is 0 Å². The molecule has 0 aliphatic rings. The number of carbonyl (C=O) groups excluding carboxylic acids is 1. The van der Waals surface area contributed by atoms with Crippen molar-refractivity contribution in [1.82, 2.24) is 4.90 Å². The van der Waals surface area contributed by atoms with Crippen molar-refractivity contribution in [3.63, 3.8) is 0 Å². The van der Waals surface area contributed by atoms with E-state index in [-0.39, 0.29) is 16.8 Å². The summed E-state index contributed by atoms with van der Waals surface area (Å²) in [6.07, 6.45) is -3.84. The molecular weight excluding hydrogens is 285 g/mol. The zero-order valence-corrected chi connectivity index (χ0v) is 12.3. The Morgan fingerprint density at radius 1 is 1.38 bits per heavy atom. The van der Waals surface area contributed by atoms with Gasteiger partial charge in [0, 0.05) is 33.0 Å². The van der Waals surface area contributed by atoms with Crippen LogP contribution in [0.5, 0.6) is 0 Å². The molecule has 0 radical (unpaired) electrons. The number of nitrogens with zero attached hydrogens (tertiary/aromatic N) is 1. The number of rotatable bonds is 5. The number of hydrogen-bond donors (Lipinski definition) is 1. The highest BCUT2D eigenvalue weighted by molar-refractivity contribution is 5.99. The summed E-state index contributed by atoms with van der Waals surface area (Å²) < 4.78 is 43.2. The molecule has 0 unspecified atom stereocenters. The number of anilines is 1. The first-order valence-electron chi connectivity index (χ1n) is 6.40. The number of methoxy groups -OCH3 is 1. The summed E-state index contributed by atoms with van der Waals surface area (Å²) in [6, 6.07) is 2.02. The third-order valence-corrected chi connectivity index (χ3v) is 3.24. The van der Waals surface area contributed by atoms with Crippen LogP contribution in [0.25, 0.3) is 0 Å². The van der Waals surface area contributed by atoms with E-state index in [4.69, 9.17) is 10.5 Å². The Labute approximate surface area is 121 Å². The molecule has 1 aromatic carbocycles. The molecule has 0 atom stereocenters. The van der Waals surface area contributed by atoms with Crippen LogP contribution in [-0.2, 0) is 10.9 Å². The van der Waals surface area contributed by atoms with Crippen molar-refractivity contribution in [2.24, 2.45) is 0 Å². The SMILES string of the molecule is COCCCN(C)C(=O)c1ccc(C(F)(F)F)c(C)c1N. The summed E-state index contributed by atoms with van der Waals surface area (Å²) in [7, 11) is 3.13. The number of hydrogen-bond acceptors (Lipinski definition) is 3. The molecule has 1 amide bonds. The fraction of sp³-hybridized carbons (Fsp3) is 0.500. The average molecular weight is 304 g/mol. The van der Waals surface area contributed by atoms with Gasteiger partial charge in [-0.25, -0.2) is 0 Å². The van der Waals surface area contributed by atoms with Gasteiger partial charge >= 0.3 is 6.18 Å². The Morgan fingerprint density at radius 3 is 2.52 bits per heavy atom. The van der Waals surface area contributed by atoms with Crippen molar-refractivity contribution in [3.8, 4) is 0 Å². The largest absolute Gasteiger partial charge is 0.416 e. The highest BCUT2D eigenvalue weighted by atomic mass is 19.4. The second-order valence-electron chi connectivity index (χ2n) is 4.77. The monoisotopic (exact) mass is 304 g/mol. The van der Waals surface area contributed by atoms with Crippen LogP contribution in [0.3, 0.4) is 0 Å². The Morgan fingerprint density at radius 2 is 2.00 bits per heavy atom. The molecular formula is C14H19F3N2O2. The minimum atomic E-state index is -4.48. The molecule has 2 N–H and O–H groups in total. The smallest absolute Gasteiger partial charge is 0.398 e.